The Hall–Kier alpha value is 0.790. The van der Waals surface area contributed by atoms with Gasteiger partial charge in [0.05, 0.1) is 6.61 Å². The summed E-state index contributed by atoms with van der Waals surface area (Å²) in [5, 5.41) is 11.6. The number of esters is 1. The second-order valence-corrected chi connectivity index (χ2v) is 14.4. The van der Waals surface area contributed by atoms with E-state index in [0.29, 0.717) is 19.6 Å². The van der Waals surface area contributed by atoms with Crippen LogP contribution in [-0.2, 0) is 14.3 Å². The molecule has 2 fully saturated rings. The summed E-state index contributed by atoms with van der Waals surface area (Å²) in [5.41, 5.74) is 0. The molecule has 0 aromatic rings. The van der Waals surface area contributed by atoms with Gasteiger partial charge in [-0.3, -0.25) is 4.79 Å². The molecule has 188 valence electrons. The first-order valence-electron chi connectivity index (χ1n) is 12.8. The number of ether oxygens (including phenoxy) is 2. The van der Waals surface area contributed by atoms with Gasteiger partial charge in [-0.05, 0) is 57.8 Å². The van der Waals surface area contributed by atoms with E-state index in [1.807, 2.05) is 43.2 Å². The van der Waals surface area contributed by atoms with Crippen LogP contribution >= 0.6 is 43.2 Å². The molecule has 0 aromatic carbocycles. The normalized spacial score (nSPS) is 21.8. The Kier molecular flexibility index (Phi) is 18.2. The highest BCUT2D eigenvalue weighted by Crippen LogP contribution is 2.40. The van der Waals surface area contributed by atoms with Crippen LogP contribution < -0.4 is 0 Å². The minimum atomic E-state index is -0.587. The Balaban J connectivity index is 1.24. The number of hydrogen-bond acceptors (Lipinski definition) is 8. The van der Waals surface area contributed by atoms with E-state index in [1.54, 1.807) is 0 Å². The zero-order chi connectivity index (χ0) is 22.7. The van der Waals surface area contributed by atoms with E-state index in [0.717, 1.165) is 61.9 Å². The first-order valence-corrected chi connectivity index (χ1v) is 17.5. The molecule has 2 aliphatic rings. The largest absolute Gasteiger partial charge is 0.466 e. The first kappa shape index (κ1) is 29.0. The number of hydrogen-bond donors (Lipinski definition) is 1. The molecule has 0 radical (unpaired) electrons. The molecule has 0 bridgehead atoms. The van der Waals surface area contributed by atoms with Gasteiger partial charge in [-0.15, -0.1) is 0 Å². The fourth-order valence-electron chi connectivity index (χ4n) is 3.93. The van der Waals surface area contributed by atoms with Gasteiger partial charge in [0.1, 0.15) is 0 Å². The summed E-state index contributed by atoms with van der Waals surface area (Å²) in [6.45, 7) is 1.23. The molecule has 2 saturated heterocycles. The Morgan fingerprint density at radius 3 is 2.00 bits per heavy atom. The fraction of sp³-hybridized carbons (Fsp3) is 0.958. The predicted octanol–water partition coefficient (Wildman–Crippen LogP) is 7.63. The second-order valence-electron chi connectivity index (χ2n) is 8.86. The smallest absolute Gasteiger partial charge is 0.305 e. The molecule has 0 aromatic heterocycles. The molecule has 32 heavy (non-hydrogen) atoms. The Bertz CT molecular complexity index is 457. The van der Waals surface area contributed by atoms with Gasteiger partial charge in [0.2, 0.25) is 0 Å². The summed E-state index contributed by atoms with van der Waals surface area (Å²) in [7, 11) is 8.04. The summed E-state index contributed by atoms with van der Waals surface area (Å²) in [6, 6.07) is 0. The van der Waals surface area contributed by atoms with Crippen molar-refractivity contribution in [1.29, 1.82) is 0 Å². The van der Waals surface area contributed by atoms with Crippen molar-refractivity contribution >= 4 is 49.1 Å². The topological polar surface area (TPSA) is 55.8 Å². The van der Waals surface area contributed by atoms with E-state index < -0.39 is 6.29 Å². The highest BCUT2D eigenvalue weighted by atomic mass is 33.1. The maximum absolute atomic E-state index is 11.8. The lowest BCUT2D eigenvalue weighted by molar-refractivity contribution is -0.143. The number of carbonyl (C=O) groups is 1. The van der Waals surface area contributed by atoms with Gasteiger partial charge in [-0.1, -0.05) is 81.7 Å². The number of unbranched alkanes of at least 4 members (excludes halogenated alkanes) is 7. The lowest BCUT2D eigenvalue weighted by Gasteiger charge is -2.12. The van der Waals surface area contributed by atoms with E-state index in [9.17, 15) is 9.90 Å². The third-order valence-electron chi connectivity index (χ3n) is 5.95. The van der Waals surface area contributed by atoms with Gasteiger partial charge in [0, 0.05) is 35.0 Å². The number of rotatable bonds is 20. The SMILES string of the molecule is O=C(CCCCC1CCSS1)OCCCCCCCCOC(O)CCCCC1CCSS1. The summed E-state index contributed by atoms with van der Waals surface area (Å²) >= 11 is 0. The molecule has 2 heterocycles. The lowest BCUT2D eigenvalue weighted by Crippen LogP contribution is -2.13. The zero-order valence-electron chi connectivity index (χ0n) is 19.7. The van der Waals surface area contributed by atoms with E-state index in [1.165, 1.54) is 56.5 Å². The zero-order valence-corrected chi connectivity index (χ0v) is 22.9. The van der Waals surface area contributed by atoms with Crippen LogP contribution in [0.5, 0.6) is 0 Å². The van der Waals surface area contributed by atoms with E-state index in [2.05, 4.69) is 0 Å². The van der Waals surface area contributed by atoms with Gasteiger partial charge in [0.25, 0.3) is 0 Å². The van der Waals surface area contributed by atoms with Crippen LogP contribution in [0.2, 0.25) is 0 Å². The summed E-state index contributed by atoms with van der Waals surface area (Å²) in [6.07, 6.45) is 16.9. The van der Waals surface area contributed by atoms with Gasteiger partial charge >= 0.3 is 5.97 Å². The highest BCUT2D eigenvalue weighted by molar-refractivity contribution is 8.77. The van der Waals surface area contributed by atoms with Crippen molar-refractivity contribution in [1.82, 2.24) is 0 Å². The average Bonchev–Trinajstić information content (AvgIpc) is 3.50. The van der Waals surface area contributed by atoms with Crippen molar-refractivity contribution in [3.05, 3.63) is 0 Å². The van der Waals surface area contributed by atoms with Gasteiger partial charge in [-0.2, -0.15) is 0 Å². The van der Waals surface area contributed by atoms with Crippen LogP contribution in [0.1, 0.15) is 103 Å². The van der Waals surface area contributed by atoms with Crippen molar-refractivity contribution in [3.8, 4) is 0 Å². The highest BCUT2D eigenvalue weighted by Gasteiger charge is 2.16. The van der Waals surface area contributed by atoms with E-state index in [4.69, 9.17) is 9.47 Å². The van der Waals surface area contributed by atoms with Crippen LogP contribution in [0.15, 0.2) is 0 Å². The van der Waals surface area contributed by atoms with Crippen molar-refractivity contribution in [3.63, 3.8) is 0 Å². The number of aliphatic hydroxyl groups excluding tert-OH is 1. The molecule has 0 spiro atoms. The van der Waals surface area contributed by atoms with Crippen molar-refractivity contribution in [2.24, 2.45) is 0 Å². The quantitative estimate of drug-likeness (QED) is 0.0755. The van der Waals surface area contributed by atoms with Crippen LogP contribution in [0.3, 0.4) is 0 Å². The predicted molar refractivity (Wildman–Crippen MR) is 144 cm³/mol. The summed E-state index contributed by atoms with van der Waals surface area (Å²) < 4.78 is 10.9. The van der Waals surface area contributed by atoms with Crippen LogP contribution in [0, 0.1) is 0 Å². The van der Waals surface area contributed by atoms with Gasteiger partial charge in [0.15, 0.2) is 6.29 Å². The molecule has 0 amide bonds. The minimum absolute atomic E-state index is 0.0226. The monoisotopic (exact) mass is 524 g/mol. The van der Waals surface area contributed by atoms with Gasteiger partial charge < -0.3 is 14.6 Å². The number of aliphatic hydroxyl groups is 1. The lowest BCUT2D eigenvalue weighted by atomic mass is 10.1. The molecule has 3 unspecified atom stereocenters. The molecule has 4 nitrogen and oxygen atoms in total. The minimum Gasteiger partial charge on any atom is -0.466 e. The first-order chi connectivity index (χ1) is 15.7. The van der Waals surface area contributed by atoms with E-state index in [-0.39, 0.29) is 5.97 Å². The van der Waals surface area contributed by atoms with Crippen molar-refractivity contribution in [2.75, 3.05) is 24.7 Å². The third kappa shape index (κ3) is 15.6. The Morgan fingerprint density at radius 2 is 1.38 bits per heavy atom. The molecule has 0 saturated carbocycles. The van der Waals surface area contributed by atoms with Gasteiger partial charge in [-0.25, -0.2) is 0 Å². The Morgan fingerprint density at radius 1 is 0.781 bits per heavy atom. The summed E-state index contributed by atoms with van der Waals surface area (Å²) in [4.78, 5) is 11.8. The molecule has 0 aliphatic carbocycles. The summed E-state index contributed by atoms with van der Waals surface area (Å²) in [5.74, 6) is 2.56. The van der Waals surface area contributed by atoms with Crippen molar-refractivity contribution < 1.29 is 19.4 Å². The molecule has 3 atom stereocenters. The molecule has 8 heteroatoms. The fourth-order valence-corrected chi connectivity index (χ4v) is 9.99. The van der Waals surface area contributed by atoms with Crippen LogP contribution in [-0.4, -0.2) is 52.6 Å². The van der Waals surface area contributed by atoms with Crippen LogP contribution in [0.25, 0.3) is 0 Å². The second kappa shape index (κ2) is 20.0. The molecule has 1 N–H and O–H groups in total. The third-order valence-corrected chi connectivity index (χ3v) is 12.0. The van der Waals surface area contributed by atoms with Crippen LogP contribution in [0.4, 0.5) is 0 Å². The molecular formula is C24H44O4S4. The molecule has 2 rings (SSSR count). The Labute approximate surface area is 212 Å². The maximum Gasteiger partial charge on any atom is 0.305 e. The molecular weight excluding hydrogens is 481 g/mol. The van der Waals surface area contributed by atoms with Crippen molar-refractivity contribution in [2.45, 2.75) is 120 Å². The average molecular weight is 525 g/mol. The standard InChI is InChI=1S/C24H44O4S4/c25-23(13-7-5-11-21-15-19-29-31-21)27-17-9-3-1-2-4-10-18-28-24(26)14-8-6-12-22-16-20-30-32-22/h21-23,25H,1-20H2. The molecule has 2 aliphatic heterocycles. The maximum atomic E-state index is 11.8. The van der Waals surface area contributed by atoms with E-state index >= 15 is 0 Å². The number of carbonyl (C=O) groups excluding carboxylic acids is 1.